The molecule has 0 radical (unpaired) electrons. The summed E-state index contributed by atoms with van der Waals surface area (Å²) in [6.45, 7) is 13.8. The van der Waals surface area contributed by atoms with Crippen LogP contribution in [0.3, 0.4) is 0 Å². The lowest BCUT2D eigenvalue weighted by molar-refractivity contribution is -0.141. The predicted molar refractivity (Wildman–Crippen MR) is 162 cm³/mol. The molecule has 0 heterocycles. The second-order valence-corrected chi connectivity index (χ2v) is 13.0. The number of rotatable bonds is 15. The molecule has 8 heteroatoms. The molecule has 2 atom stereocenters. The fraction of sp³-hybridized carbons (Fsp3) is 0.710. The zero-order chi connectivity index (χ0) is 29.4. The van der Waals surface area contributed by atoms with Gasteiger partial charge in [-0.25, -0.2) is 9.59 Å². The molecule has 1 aliphatic carbocycles. The van der Waals surface area contributed by atoms with Crippen LogP contribution in [-0.4, -0.2) is 52.3 Å². The van der Waals surface area contributed by atoms with Gasteiger partial charge < -0.3 is 20.5 Å². The topological polar surface area (TPSA) is 105 Å². The zero-order valence-corrected chi connectivity index (χ0v) is 26.0. The smallest absolute Gasteiger partial charge is 0.408 e. The van der Waals surface area contributed by atoms with Crippen LogP contribution in [0.2, 0.25) is 0 Å². The van der Waals surface area contributed by atoms with Crippen molar-refractivity contribution < 1.29 is 24.2 Å². The molecule has 1 rings (SSSR count). The van der Waals surface area contributed by atoms with Crippen LogP contribution in [0.15, 0.2) is 34.9 Å². The molecule has 222 valence electrons. The van der Waals surface area contributed by atoms with Crippen LogP contribution in [0, 0.1) is 5.92 Å². The van der Waals surface area contributed by atoms with E-state index in [1.54, 1.807) is 20.8 Å². The van der Waals surface area contributed by atoms with E-state index in [4.69, 9.17) is 4.74 Å². The molecule has 0 unspecified atom stereocenters. The summed E-state index contributed by atoms with van der Waals surface area (Å²) in [6.07, 6.45) is 14.9. The van der Waals surface area contributed by atoms with E-state index in [-0.39, 0.29) is 11.7 Å². The van der Waals surface area contributed by atoms with Gasteiger partial charge in [0.1, 0.15) is 17.7 Å². The highest BCUT2D eigenvalue weighted by molar-refractivity contribution is 7.99. The molecule has 0 aromatic carbocycles. The Morgan fingerprint density at radius 2 is 1.51 bits per heavy atom. The van der Waals surface area contributed by atoms with E-state index in [1.165, 1.54) is 28.5 Å². The first-order chi connectivity index (χ1) is 18.3. The average molecular weight is 565 g/mol. The molecule has 2 amide bonds. The number of ether oxygens (including phenoxy) is 1. The highest BCUT2D eigenvalue weighted by Crippen LogP contribution is 2.27. The Bertz CT molecular complexity index is 878. The van der Waals surface area contributed by atoms with Crippen LogP contribution in [0.5, 0.6) is 0 Å². The molecular weight excluding hydrogens is 512 g/mol. The van der Waals surface area contributed by atoms with E-state index in [1.807, 2.05) is 0 Å². The van der Waals surface area contributed by atoms with Crippen LogP contribution in [0.4, 0.5) is 4.79 Å². The number of amides is 2. The van der Waals surface area contributed by atoms with Crippen molar-refractivity contribution >= 4 is 29.7 Å². The fourth-order valence-electron chi connectivity index (χ4n) is 4.46. The van der Waals surface area contributed by atoms with Gasteiger partial charge in [-0.15, -0.1) is 0 Å². The van der Waals surface area contributed by atoms with Crippen LogP contribution in [0.25, 0.3) is 0 Å². The number of carboxylic acids is 1. The van der Waals surface area contributed by atoms with Gasteiger partial charge in [-0.3, -0.25) is 4.79 Å². The lowest BCUT2D eigenvalue weighted by Crippen LogP contribution is -2.56. The van der Waals surface area contributed by atoms with Crippen LogP contribution >= 0.6 is 11.8 Å². The number of carboxylic acid groups (broad SMARTS) is 1. The number of alkyl carbamates (subject to hydrolysis) is 1. The molecule has 0 spiro atoms. The molecule has 39 heavy (non-hydrogen) atoms. The Hall–Kier alpha value is -2.22. The zero-order valence-electron chi connectivity index (χ0n) is 25.2. The quantitative estimate of drug-likeness (QED) is 0.144. The monoisotopic (exact) mass is 564 g/mol. The van der Waals surface area contributed by atoms with Crippen molar-refractivity contribution in [3.63, 3.8) is 0 Å². The first-order valence-corrected chi connectivity index (χ1v) is 15.5. The number of hydrogen-bond donors (Lipinski definition) is 3. The molecule has 7 nitrogen and oxygen atoms in total. The summed E-state index contributed by atoms with van der Waals surface area (Å²) in [6, 6.07) is -1.85. The number of thioether (sulfide) groups is 1. The van der Waals surface area contributed by atoms with Gasteiger partial charge >= 0.3 is 12.1 Å². The second kappa shape index (κ2) is 18.2. The van der Waals surface area contributed by atoms with E-state index in [0.717, 1.165) is 57.8 Å². The molecule has 0 aromatic heterocycles. The third-order valence-corrected chi connectivity index (χ3v) is 7.62. The third kappa shape index (κ3) is 16.5. The standard InChI is InChI=1S/C31H52N2O5S/c1-22(2)13-11-14-23(3)15-12-16-24(4)19-20-39-21-26(29(35)36)32-28(34)27(25-17-9-8-10-18-25)33-30(37)38-31(5,6)7/h13,15,19,25-27H,8-12,14,16-18,20-21H2,1-7H3,(H,32,34)(H,33,37)(H,35,36)/b23-15+,24-19+/t26-,27-/m0/s1. The number of carbonyl (C=O) groups is 3. The molecule has 1 fully saturated rings. The number of allylic oxidation sites excluding steroid dienone is 5. The summed E-state index contributed by atoms with van der Waals surface area (Å²) >= 11 is 1.48. The second-order valence-electron chi connectivity index (χ2n) is 11.9. The summed E-state index contributed by atoms with van der Waals surface area (Å²) in [7, 11) is 0. The number of aliphatic carboxylic acids is 1. The summed E-state index contributed by atoms with van der Waals surface area (Å²) in [4.78, 5) is 37.6. The lowest BCUT2D eigenvalue weighted by Gasteiger charge is -2.31. The van der Waals surface area contributed by atoms with E-state index in [9.17, 15) is 19.5 Å². The summed E-state index contributed by atoms with van der Waals surface area (Å²) < 4.78 is 5.37. The van der Waals surface area contributed by atoms with Gasteiger partial charge in [-0.1, -0.05) is 54.2 Å². The third-order valence-electron chi connectivity index (χ3n) is 6.65. The summed E-state index contributed by atoms with van der Waals surface area (Å²) in [5.74, 6) is -0.650. The maximum atomic E-state index is 13.2. The minimum absolute atomic E-state index is 0.0381. The Labute approximate surface area is 240 Å². The van der Waals surface area contributed by atoms with Crippen molar-refractivity contribution in [2.75, 3.05) is 11.5 Å². The van der Waals surface area contributed by atoms with Gasteiger partial charge in [0.15, 0.2) is 0 Å². The summed E-state index contributed by atoms with van der Waals surface area (Å²) in [5, 5.41) is 15.2. The van der Waals surface area contributed by atoms with Crippen LogP contribution in [0.1, 0.15) is 106 Å². The number of nitrogens with one attached hydrogen (secondary N) is 2. The van der Waals surface area contributed by atoms with Gasteiger partial charge in [0.05, 0.1) is 0 Å². The van der Waals surface area contributed by atoms with Crippen molar-refractivity contribution in [1.29, 1.82) is 0 Å². The minimum atomic E-state index is -1.08. The van der Waals surface area contributed by atoms with Gasteiger partial charge in [-0.2, -0.15) is 11.8 Å². The molecule has 0 saturated heterocycles. The van der Waals surface area contributed by atoms with Crippen molar-refractivity contribution in [2.24, 2.45) is 5.92 Å². The van der Waals surface area contributed by atoms with Crippen molar-refractivity contribution in [3.8, 4) is 0 Å². The Morgan fingerprint density at radius 1 is 0.923 bits per heavy atom. The van der Waals surface area contributed by atoms with E-state index in [2.05, 4.69) is 56.6 Å². The first-order valence-electron chi connectivity index (χ1n) is 14.3. The largest absolute Gasteiger partial charge is 0.480 e. The molecule has 0 aliphatic heterocycles. The van der Waals surface area contributed by atoms with Gasteiger partial charge in [-0.05, 0) is 92.9 Å². The maximum absolute atomic E-state index is 13.2. The molecule has 1 aliphatic rings. The van der Waals surface area contributed by atoms with Crippen LogP contribution < -0.4 is 10.6 Å². The Morgan fingerprint density at radius 3 is 2.08 bits per heavy atom. The minimum Gasteiger partial charge on any atom is -0.480 e. The maximum Gasteiger partial charge on any atom is 0.408 e. The van der Waals surface area contributed by atoms with Crippen molar-refractivity contribution in [1.82, 2.24) is 10.6 Å². The van der Waals surface area contributed by atoms with E-state index >= 15 is 0 Å². The van der Waals surface area contributed by atoms with Gasteiger partial charge in [0, 0.05) is 11.5 Å². The predicted octanol–water partition coefficient (Wildman–Crippen LogP) is 7.18. The SMILES string of the molecule is CC(C)=CCC/C(C)=C/CC/C(C)=C/CSC[C@H](NC(=O)[C@@H](NC(=O)OC(C)(C)C)C1CCCCC1)C(=O)O. The first kappa shape index (κ1) is 34.8. The molecule has 0 bridgehead atoms. The Kier molecular flexibility index (Phi) is 16.2. The average Bonchev–Trinajstić information content (AvgIpc) is 2.83. The van der Waals surface area contributed by atoms with Crippen LogP contribution in [-0.2, 0) is 14.3 Å². The van der Waals surface area contributed by atoms with Gasteiger partial charge in [0.2, 0.25) is 5.91 Å². The molecule has 3 N–H and O–H groups in total. The Balaban J connectivity index is 2.62. The van der Waals surface area contributed by atoms with Gasteiger partial charge in [0.25, 0.3) is 0 Å². The van der Waals surface area contributed by atoms with E-state index < -0.39 is 35.7 Å². The lowest BCUT2D eigenvalue weighted by atomic mass is 9.83. The fourth-order valence-corrected chi connectivity index (χ4v) is 5.46. The molecular formula is C31H52N2O5S. The van der Waals surface area contributed by atoms with Crippen molar-refractivity contribution in [2.45, 2.75) is 124 Å². The highest BCUT2D eigenvalue weighted by Gasteiger charge is 2.34. The summed E-state index contributed by atoms with van der Waals surface area (Å²) in [5.41, 5.74) is 3.34. The molecule has 1 saturated carbocycles. The highest BCUT2D eigenvalue weighted by atomic mass is 32.2. The molecule has 0 aromatic rings. The number of carbonyl (C=O) groups excluding carboxylic acids is 2. The number of hydrogen-bond acceptors (Lipinski definition) is 5. The van der Waals surface area contributed by atoms with E-state index in [0.29, 0.717) is 5.75 Å². The van der Waals surface area contributed by atoms with Crippen molar-refractivity contribution in [3.05, 3.63) is 34.9 Å². The normalized spacial score (nSPS) is 16.7.